The fraction of sp³-hybridized carbons (Fsp3) is 0.278. The van der Waals surface area contributed by atoms with E-state index in [4.69, 9.17) is 4.74 Å². The van der Waals surface area contributed by atoms with Crippen LogP contribution in [0.2, 0.25) is 0 Å². The van der Waals surface area contributed by atoms with Gasteiger partial charge in [0.15, 0.2) is 0 Å². The van der Waals surface area contributed by atoms with Gasteiger partial charge in [0.05, 0.1) is 6.54 Å². The number of nitrogens with zero attached hydrogens (tertiary/aromatic N) is 1. The molecule has 3 heteroatoms. The number of amides is 1. The van der Waals surface area contributed by atoms with Crippen LogP contribution in [-0.4, -0.2) is 23.6 Å². The van der Waals surface area contributed by atoms with Crippen LogP contribution >= 0.6 is 0 Å². The lowest BCUT2D eigenvalue weighted by atomic mass is 10.1. The second-order valence-corrected chi connectivity index (χ2v) is 5.47. The molecule has 1 fully saturated rings. The van der Waals surface area contributed by atoms with Crippen molar-refractivity contribution in [3.05, 3.63) is 71.8 Å². The van der Waals surface area contributed by atoms with Crippen molar-refractivity contribution in [2.45, 2.75) is 25.5 Å². The molecule has 1 saturated heterocycles. The van der Waals surface area contributed by atoms with E-state index in [1.165, 1.54) is 5.56 Å². The van der Waals surface area contributed by atoms with Crippen LogP contribution in [0.4, 0.5) is 4.79 Å². The summed E-state index contributed by atoms with van der Waals surface area (Å²) >= 11 is 0. The van der Waals surface area contributed by atoms with Gasteiger partial charge in [0, 0.05) is 6.04 Å². The molecule has 21 heavy (non-hydrogen) atoms. The quantitative estimate of drug-likeness (QED) is 0.853. The average Bonchev–Trinajstić information content (AvgIpc) is 2.91. The molecule has 3 rings (SSSR count). The van der Waals surface area contributed by atoms with Crippen molar-refractivity contribution in [2.24, 2.45) is 0 Å². The molecule has 0 aromatic heterocycles. The molecule has 0 N–H and O–H groups in total. The highest BCUT2D eigenvalue weighted by atomic mass is 16.6. The fourth-order valence-electron chi connectivity index (χ4n) is 2.75. The predicted octanol–water partition coefficient (Wildman–Crippen LogP) is 3.81. The minimum absolute atomic E-state index is 0.133. The number of carbonyl (C=O) groups is 1. The maximum atomic E-state index is 12.1. The van der Waals surface area contributed by atoms with Crippen molar-refractivity contribution in [1.82, 2.24) is 4.90 Å². The molecular formula is C18H19NO2. The van der Waals surface area contributed by atoms with E-state index >= 15 is 0 Å². The molecule has 1 amide bonds. The first-order valence-electron chi connectivity index (χ1n) is 7.30. The molecule has 0 bridgehead atoms. The zero-order chi connectivity index (χ0) is 14.7. The van der Waals surface area contributed by atoms with Gasteiger partial charge >= 0.3 is 6.09 Å². The summed E-state index contributed by atoms with van der Waals surface area (Å²) in [4.78, 5) is 13.9. The van der Waals surface area contributed by atoms with Crippen LogP contribution in [0.1, 0.15) is 24.2 Å². The smallest absolute Gasteiger partial charge is 0.410 e. The van der Waals surface area contributed by atoms with Crippen molar-refractivity contribution in [3.63, 3.8) is 0 Å². The lowest BCUT2D eigenvalue weighted by Gasteiger charge is -2.21. The van der Waals surface area contributed by atoms with Crippen LogP contribution in [0, 0.1) is 0 Å². The second-order valence-electron chi connectivity index (χ2n) is 5.47. The summed E-state index contributed by atoms with van der Waals surface area (Å²) in [5, 5.41) is 0. The van der Waals surface area contributed by atoms with Gasteiger partial charge in [-0.2, -0.15) is 0 Å². The first-order chi connectivity index (χ1) is 10.2. The summed E-state index contributed by atoms with van der Waals surface area (Å²) in [5.41, 5.74) is 2.29. The Morgan fingerprint density at radius 2 is 1.71 bits per heavy atom. The van der Waals surface area contributed by atoms with Crippen molar-refractivity contribution >= 4 is 6.09 Å². The highest BCUT2D eigenvalue weighted by molar-refractivity contribution is 5.70. The Morgan fingerprint density at radius 3 is 2.38 bits per heavy atom. The van der Waals surface area contributed by atoms with Gasteiger partial charge in [-0.15, -0.1) is 0 Å². The van der Waals surface area contributed by atoms with Crippen molar-refractivity contribution in [3.8, 4) is 0 Å². The second kappa shape index (κ2) is 6.00. The lowest BCUT2D eigenvalue weighted by molar-refractivity contribution is 0.129. The van der Waals surface area contributed by atoms with E-state index in [1.54, 1.807) is 0 Å². The Morgan fingerprint density at radius 1 is 1.10 bits per heavy atom. The molecule has 0 radical (unpaired) electrons. The molecule has 0 saturated carbocycles. The largest absolute Gasteiger partial charge is 0.439 e. The first-order valence-corrected chi connectivity index (χ1v) is 7.30. The normalized spacial score (nSPS) is 19.4. The van der Waals surface area contributed by atoms with Gasteiger partial charge in [-0.1, -0.05) is 60.7 Å². The Labute approximate surface area is 125 Å². The van der Waals surface area contributed by atoms with Gasteiger partial charge in [0.25, 0.3) is 0 Å². The summed E-state index contributed by atoms with van der Waals surface area (Å²) in [6, 6.07) is 20.3. The monoisotopic (exact) mass is 281 g/mol. The number of rotatable bonds is 4. The standard InChI is InChI=1S/C18H19NO2/c1-14(12-15-8-4-2-5-9-15)19-13-17(21-18(19)20)16-10-6-3-7-11-16/h2-11,14,17H,12-13H2,1H3. The number of benzene rings is 2. The minimum Gasteiger partial charge on any atom is -0.439 e. The molecule has 0 aliphatic carbocycles. The van der Waals surface area contributed by atoms with Gasteiger partial charge in [-0.3, -0.25) is 0 Å². The Balaban J connectivity index is 1.67. The molecule has 2 atom stereocenters. The average molecular weight is 281 g/mol. The molecule has 1 aliphatic heterocycles. The maximum Gasteiger partial charge on any atom is 0.410 e. The van der Waals surface area contributed by atoms with Crippen LogP contribution < -0.4 is 0 Å². The third kappa shape index (κ3) is 3.07. The van der Waals surface area contributed by atoms with Gasteiger partial charge in [0.2, 0.25) is 0 Å². The molecule has 108 valence electrons. The topological polar surface area (TPSA) is 29.5 Å². The zero-order valence-corrected chi connectivity index (χ0v) is 12.1. The molecule has 1 heterocycles. The fourth-order valence-corrected chi connectivity index (χ4v) is 2.75. The van der Waals surface area contributed by atoms with Crippen LogP contribution in [0.25, 0.3) is 0 Å². The Hall–Kier alpha value is -2.29. The summed E-state index contributed by atoms with van der Waals surface area (Å²) in [6.45, 7) is 2.69. The van der Waals surface area contributed by atoms with E-state index in [0.717, 1.165) is 12.0 Å². The van der Waals surface area contributed by atoms with Crippen LogP contribution in [0.15, 0.2) is 60.7 Å². The summed E-state index contributed by atoms with van der Waals surface area (Å²) in [6.07, 6.45) is 0.474. The van der Waals surface area contributed by atoms with Gasteiger partial charge < -0.3 is 9.64 Å². The third-order valence-electron chi connectivity index (χ3n) is 3.92. The third-order valence-corrected chi connectivity index (χ3v) is 3.92. The molecule has 1 aliphatic rings. The molecule has 3 nitrogen and oxygen atoms in total. The molecule has 2 unspecified atom stereocenters. The van der Waals surface area contributed by atoms with Gasteiger partial charge in [-0.05, 0) is 24.5 Å². The lowest BCUT2D eigenvalue weighted by Crippen LogP contribution is -2.35. The zero-order valence-electron chi connectivity index (χ0n) is 12.1. The van der Waals surface area contributed by atoms with E-state index in [2.05, 4.69) is 19.1 Å². The number of ether oxygens (including phenoxy) is 1. The van der Waals surface area contributed by atoms with Crippen LogP contribution in [-0.2, 0) is 11.2 Å². The van der Waals surface area contributed by atoms with Crippen molar-refractivity contribution in [2.75, 3.05) is 6.54 Å². The molecule has 0 spiro atoms. The summed E-state index contributed by atoms with van der Waals surface area (Å²) in [7, 11) is 0. The van der Waals surface area contributed by atoms with Crippen LogP contribution in [0.5, 0.6) is 0 Å². The number of hydrogen-bond acceptors (Lipinski definition) is 2. The van der Waals surface area contributed by atoms with Gasteiger partial charge in [-0.25, -0.2) is 4.79 Å². The molecular weight excluding hydrogens is 262 g/mol. The van der Waals surface area contributed by atoms with Crippen molar-refractivity contribution < 1.29 is 9.53 Å². The maximum absolute atomic E-state index is 12.1. The van der Waals surface area contributed by atoms with E-state index in [9.17, 15) is 4.79 Å². The highest BCUT2D eigenvalue weighted by Gasteiger charge is 2.34. The summed E-state index contributed by atoms with van der Waals surface area (Å²) < 4.78 is 5.51. The van der Waals surface area contributed by atoms with Gasteiger partial charge in [0.1, 0.15) is 6.10 Å². The van der Waals surface area contributed by atoms with E-state index in [-0.39, 0.29) is 18.2 Å². The van der Waals surface area contributed by atoms with E-state index in [1.807, 2.05) is 53.4 Å². The van der Waals surface area contributed by atoms with Crippen molar-refractivity contribution in [1.29, 1.82) is 0 Å². The number of carbonyl (C=O) groups excluding carboxylic acids is 1. The van der Waals surface area contributed by atoms with Crippen LogP contribution in [0.3, 0.4) is 0 Å². The predicted molar refractivity (Wildman–Crippen MR) is 82.0 cm³/mol. The SMILES string of the molecule is CC(Cc1ccccc1)N1CC(c2ccccc2)OC1=O. The number of hydrogen-bond donors (Lipinski definition) is 0. The Bertz CT molecular complexity index is 597. The summed E-state index contributed by atoms with van der Waals surface area (Å²) in [5.74, 6) is 0. The first kappa shape index (κ1) is 13.7. The number of cyclic esters (lactones) is 1. The minimum atomic E-state index is -0.215. The van der Waals surface area contributed by atoms with E-state index < -0.39 is 0 Å². The van der Waals surface area contributed by atoms with E-state index in [0.29, 0.717) is 6.54 Å². The molecule has 2 aromatic carbocycles. The molecule has 2 aromatic rings. The highest BCUT2D eigenvalue weighted by Crippen LogP contribution is 2.28. The Kier molecular flexibility index (Phi) is 3.91.